The van der Waals surface area contributed by atoms with Crippen LogP contribution in [0.3, 0.4) is 0 Å². The van der Waals surface area contributed by atoms with Crippen molar-refractivity contribution < 1.29 is 18.9 Å². The molecular weight excluding hydrogens is 448 g/mol. The van der Waals surface area contributed by atoms with Gasteiger partial charge in [-0.15, -0.1) is 0 Å². The van der Waals surface area contributed by atoms with E-state index in [1.165, 1.54) is 5.56 Å². The third-order valence-electron chi connectivity index (χ3n) is 6.56. The van der Waals surface area contributed by atoms with Crippen LogP contribution in [0.1, 0.15) is 24.0 Å². The average molecular weight is 483 g/mol. The van der Waals surface area contributed by atoms with Crippen molar-refractivity contribution in [1.82, 2.24) is 14.9 Å². The molecule has 0 atom stereocenters. The highest BCUT2D eigenvalue weighted by Gasteiger charge is 2.19. The van der Waals surface area contributed by atoms with Crippen LogP contribution in [0.4, 0.5) is 11.6 Å². The summed E-state index contributed by atoms with van der Waals surface area (Å²) in [4.78, 5) is 13.8. The van der Waals surface area contributed by atoms with E-state index in [1.54, 1.807) is 7.11 Å². The van der Waals surface area contributed by atoms with Gasteiger partial charge in [0.15, 0.2) is 5.82 Å². The largest absolute Gasteiger partial charge is 0.497 e. The fraction of sp³-hybridized carbons (Fsp3) is 0.560. The first kappa shape index (κ1) is 23.8. The first-order chi connectivity index (χ1) is 17.3. The standard InChI is InChI=1S/C25H34N6O4/c1-32-20-6-5-19-3-2-4-22(21(19)17-20)28-29-23-18-24(31-10-14-34-15-11-31)27-25(26-23)35-16-9-30-7-12-33-13-8-30/h5-6,17-18H,2-4,7-16H2,1H3,(H,26,27,29)/b28-22+. The van der Waals surface area contributed by atoms with E-state index in [0.29, 0.717) is 31.6 Å². The molecule has 2 fully saturated rings. The normalized spacial score (nSPS) is 19.9. The highest BCUT2D eigenvalue weighted by atomic mass is 16.5. The first-order valence-electron chi connectivity index (χ1n) is 12.4. The molecule has 188 valence electrons. The molecule has 10 heteroatoms. The number of fused-ring (bicyclic) bond motifs is 1. The Morgan fingerprint density at radius 2 is 1.80 bits per heavy atom. The van der Waals surface area contributed by atoms with Gasteiger partial charge >= 0.3 is 6.01 Å². The Morgan fingerprint density at radius 1 is 1.00 bits per heavy atom. The average Bonchev–Trinajstić information content (AvgIpc) is 2.92. The second kappa shape index (κ2) is 11.7. The Balaban J connectivity index is 1.33. The maximum absolute atomic E-state index is 5.99. The van der Waals surface area contributed by atoms with Gasteiger partial charge in [0.1, 0.15) is 18.2 Å². The van der Waals surface area contributed by atoms with Crippen molar-refractivity contribution in [3.63, 3.8) is 0 Å². The van der Waals surface area contributed by atoms with Crippen LogP contribution in [-0.2, 0) is 15.9 Å². The van der Waals surface area contributed by atoms with E-state index >= 15 is 0 Å². The molecule has 0 amide bonds. The number of ether oxygens (including phenoxy) is 4. The molecule has 0 radical (unpaired) electrons. The Morgan fingerprint density at radius 3 is 2.60 bits per heavy atom. The van der Waals surface area contributed by atoms with Crippen LogP contribution in [0.15, 0.2) is 29.4 Å². The van der Waals surface area contributed by atoms with Crippen molar-refractivity contribution in [1.29, 1.82) is 0 Å². The molecule has 2 aliphatic heterocycles. The fourth-order valence-electron chi connectivity index (χ4n) is 4.57. The smallest absolute Gasteiger partial charge is 0.320 e. The second-order valence-corrected chi connectivity index (χ2v) is 8.84. The summed E-state index contributed by atoms with van der Waals surface area (Å²) in [6.45, 7) is 7.66. The van der Waals surface area contributed by atoms with Gasteiger partial charge in [0, 0.05) is 44.4 Å². The Bertz CT molecular complexity index is 1020. The third-order valence-corrected chi connectivity index (χ3v) is 6.56. The van der Waals surface area contributed by atoms with Gasteiger partial charge in [-0.3, -0.25) is 10.3 Å². The molecule has 5 rings (SSSR count). The zero-order valence-electron chi connectivity index (χ0n) is 20.4. The van der Waals surface area contributed by atoms with E-state index in [0.717, 1.165) is 88.0 Å². The fourth-order valence-corrected chi connectivity index (χ4v) is 4.57. The molecule has 1 aliphatic carbocycles. The predicted octanol–water partition coefficient (Wildman–Crippen LogP) is 2.19. The molecule has 0 bridgehead atoms. The molecular formula is C25H34N6O4. The SMILES string of the molecule is COc1ccc2c(c1)/C(=N/Nc1cc(N3CCOCC3)nc(OCCN3CCOCC3)n1)CCC2. The van der Waals surface area contributed by atoms with E-state index in [2.05, 4.69) is 37.3 Å². The van der Waals surface area contributed by atoms with Gasteiger partial charge in [-0.25, -0.2) is 0 Å². The molecule has 35 heavy (non-hydrogen) atoms. The van der Waals surface area contributed by atoms with Crippen LogP contribution in [0.2, 0.25) is 0 Å². The van der Waals surface area contributed by atoms with E-state index < -0.39 is 0 Å². The van der Waals surface area contributed by atoms with Crippen molar-refractivity contribution in [3.8, 4) is 11.8 Å². The number of anilines is 2. The van der Waals surface area contributed by atoms with Crippen molar-refractivity contribution in [2.24, 2.45) is 5.10 Å². The van der Waals surface area contributed by atoms with Gasteiger partial charge in [-0.2, -0.15) is 15.1 Å². The quantitative estimate of drug-likeness (QED) is 0.568. The van der Waals surface area contributed by atoms with Gasteiger partial charge in [-0.05, 0) is 37.0 Å². The summed E-state index contributed by atoms with van der Waals surface area (Å²) in [7, 11) is 1.69. The summed E-state index contributed by atoms with van der Waals surface area (Å²) >= 11 is 0. The van der Waals surface area contributed by atoms with Gasteiger partial charge in [-0.1, -0.05) is 6.07 Å². The lowest BCUT2D eigenvalue weighted by molar-refractivity contribution is 0.0317. The lowest BCUT2D eigenvalue weighted by Crippen LogP contribution is -2.39. The Kier molecular flexibility index (Phi) is 7.92. The summed E-state index contributed by atoms with van der Waals surface area (Å²) < 4.78 is 22.4. The van der Waals surface area contributed by atoms with Crippen LogP contribution in [0.25, 0.3) is 0 Å². The molecule has 3 aliphatic rings. The number of hydrogen-bond donors (Lipinski definition) is 1. The third kappa shape index (κ3) is 6.19. The number of nitrogens with one attached hydrogen (secondary N) is 1. The number of aromatic nitrogens is 2. The minimum absolute atomic E-state index is 0.357. The molecule has 1 aromatic heterocycles. The summed E-state index contributed by atoms with van der Waals surface area (Å²) in [6.07, 6.45) is 3.02. The molecule has 0 spiro atoms. The van der Waals surface area contributed by atoms with Gasteiger partial charge in [0.25, 0.3) is 0 Å². The van der Waals surface area contributed by atoms with Crippen molar-refractivity contribution in [3.05, 3.63) is 35.4 Å². The van der Waals surface area contributed by atoms with Gasteiger partial charge in [0.05, 0.1) is 39.2 Å². The van der Waals surface area contributed by atoms with Gasteiger partial charge in [0.2, 0.25) is 0 Å². The molecule has 10 nitrogen and oxygen atoms in total. The molecule has 2 aromatic rings. The summed E-state index contributed by atoms with van der Waals surface area (Å²) in [5.41, 5.74) is 6.61. The van der Waals surface area contributed by atoms with Crippen molar-refractivity contribution >= 4 is 17.3 Å². The predicted molar refractivity (Wildman–Crippen MR) is 134 cm³/mol. The minimum Gasteiger partial charge on any atom is -0.497 e. The maximum Gasteiger partial charge on any atom is 0.320 e. The lowest BCUT2D eigenvalue weighted by atomic mass is 9.90. The van der Waals surface area contributed by atoms with E-state index in [-0.39, 0.29) is 0 Å². The van der Waals surface area contributed by atoms with Crippen LogP contribution in [0.5, 0.6) is 11.8 Å². The highest BCUT2D eigenvalue weighted by molar-refractivity contribution is 6.03. The molecule has 0 saturated carbocycles. The minimum atomic E-state index is 0.357. The number of rotatable bonds is 8. The van der Waals surface area contributed by atoms with Crippen molar-refractivity contribution in [2.75, 3.05) is 83.2 Å². The van der Waals surface area contributed by atoms with Crippen LogP contribution in [-0.4, -0.2) is 93.4 Å². The van der Waals surface area contributed by atoms with E-state index in [9.17, 15) is 0 Å². The van der Waals surface area contributed by atoms with Crippen molar-refractivity contribution in [2.45, 2.75) is 19.3 Å². The second-order valence-electron chi connectivity index (χ2n) is 8.84. The number of hydrogen-bond acceptors (Lipinski definition) is 10. The molecule has 1 N–H and O–H groups in total. The van der Waals surface area contributed by atoms with E-state index in [1.807, 2.05) is 12.1 Å². The lowest BCUT2D eigenvalue weighted by Gasteiger charge is -2.28. The number of methoxy groups -OCH3 is 1. The monoisotopic (exact) mass is 482 g/mol. The topological polar surface area (TPSA) is 93.6 Å². The zero-order chi connectivity index (χ0) is 23.9. The number of aryl methyl sites for hydroxylation is 1. The summed E-state index contributed by atoms with van der Waals surface area (Å²) in [6, 6.07) is 8.49. The number of benzene rings is 1. The molecule has 1 aromatic carbocycles. The highest BCUT2D eigenvalue weighted by Crippen LogP contribution is 2.27. The van der Waals surface area contributed by atoms with E-state index in [4.69, 9.17) is 24.0 Å². The molecule has 2 saturated heterocycles. The molecule has 3 heterocycles. The maximum atomic E-state index is 5.99. The summed E-state index contributed by atoms with van der Waals surface area (Å²) in [5.74, 6) is 2.27. The van der Waals surface area contributed by atoms with Gasteiger partial charge < -0.3 is 23.8 Å². The Hall–Kier alpha value is -2.95. The zero-order valence-corrected chi connectivity index (χ0v) is 20.4. The number of nitrogens with zero attached hydrogens (tertiary/aromatic N) is 5. The number of hydrazone groups is 1. The molecule has 0 unspecified atom stereocenters. The van der Waals surface area contributed by atoms with Crippen LogP contribution >= 0.6 is 0 Å². The Labute approximate surface area is 206 Å². The first-order valence-corrected chi connectivity index (χ1v) is 12.4. The summed E-state index contributed by atoms with van der Waals surface area (Å²) in [5, 5.41) is 4.75. The van der Waals surface area contributed by atoms with Crippen LogP contribution in [0, 0.1) is 0 Å². The number of morpholine rings is 2. The van der Waals surface area contributed by atoms with Crippen LogP contribution < -0.4 is 19.8 Å².